The average Bonchev–Trinajstić information content (AvgIpc) is 3.13. The van der Waals surface area contributed by atoms with E-state index in [1.807, 2.05) is 31.2 Å². The van der Waals surface area contributed by atoms with Gasteiger partial charge in [0.15, 0.2) is 0 Å². The van der Waals surface area contributed by atoms with E-state index in [0.29, 0.717) is 25.8 Å². The average molecular weight is 453 g/mol. The van der Waals surface area contributed by atoms with Crippen LogP contribution in [0.2, 0.25) is 0 Å². The summed E-state index contributed by atoms with van der Waals surface area (Å²) in [6.07, 6.45) is 2.74. The molecule has 3 N–H and O–H groups in total. The molecular weight excluding hydrogens is 420 g/mol. The second kappa shape index (κ2) is 12.0. The fraction of sp³-hybridized carbons (Fsp3) is 0.423. The summed E-state index contributed by atoms with van der Waals surface area (Å²) in [4.78, 5) is 35.7. The number of fused-ring (bicyclic) bond motifs is 3. The third-order valence-electron chi connectivity index (χ3n) is 5.92. The molecule has 0 radical (unpaired) electrons. The van der Waals surface area contributed by atoms with Gasteiger partial charge in [-0.1, -0.05) is 68.3 Å². The Bertz CT molecular complexity index is 929. The van der Waals surface area contributed by atoms with E-state index in [-0.39, 0.29) is 24.9 Å². The van der Waals surface area contributed by atoms with Gasteiger partial charge in [-0.2, -0.15) is 0 Å². The summed E-state index contributed by atoms with van der Waals surface area (Å²) in [5.74, 6) is -1.16. The minimum absolute atomic E-state index is 0.0414. The van der Waals surface area contributed by atoms with Crippen LogP contribution < -0.4 is 10.6 Å². The number of aliphatic carboxylic acids is 1. The van der Waals surface area contributed by atoms with Crippen molar-refractivity contribution in [2.24, 2.45) is 0 Å². The lowest BCUT2D eigenvalue weighted by Crippen LogP contribution is -2.47. The van der Waals surface area contributed by atoms with Crippen LogP contribution in [0.3, 0.4) is 0 Å². The van der Waals surface area contributed by atoms with E-state index >= 15 is 0 Å². The summed E-state index contributed by atoms with van der Waals surface area (Å²) < 4.78 is 5.57. The number of carboxylic acids is 1. The lowest BCUT2D eigenvalue weighted by atomic mass is 9.98. The SMILES string of the molecule is CCCC[C@H](NC(=O)OCC1c2ccccc2-c2ccccc21)C(=O)NCCCCC(=O)O. The summed E-state index contributed by atoms with van der Waals surface area (Å²) in [6.45, 7) is 2.59. The predicted octanol–water partition coefficient (Wildman–Crippen LogP) is 4.46. The summed E-state index contributed by atoms with van der Waals surface area (Å²) in [7, 11) is 0. The van der Waals surface area contributed by atoms with Gasteiger partial charge in [-0.15, -0.1) is 0 Å². The molecule has 0 saturated carbocycles. The molecule has 0 fully saturated rings. The van der Waals surface area contributed by atoms with Crippen LogP contribution in [0.15, 0.2) is 48.5 Å². The fourth-order valence-electron chi connectivity index (χ4n) is 4.20. The van der Waals surface area contributed by atoms with Crippen molar-refractivity contribution in [3.05, 3.63) is 59.7 Å². The number of unbranched alkanes of at least 4 members (excludes halogenated alkanes) is 2. The number of alkyl carbamates (subject to hydrolysis) is 1. The van der Waals surface area contributed by atoms with E-state index in [9.17, 15) is 14.4 Å². The van der Waals surface area contributed by atoms with Crippen molar-refractivity contribution in [2.45, 2.75) is 57.4 Å². The molecule has 176 valence electrons. The van der Waals surface area contributed by atoms with Crippen molar-refractivity contribution in [3.63, 3.8) is 0 Å². The van der Waals surface area contributed by atoms with Crippen molar-refractivity contribution in [1.82, 2.24) is 10.6 Å². The Balaban J connectivity index is 1.55. The van der Waals surface area contributed by atoms with Gasteiger partial charge >= 0.3 is 12.1 Å². The highest BCUT2D eigenvalue weighted by atomic mass is 16.5. The number of amides is 2. The number of benzene rings is 2. The largest absolute Gasteiger partial charge is 0.481 e. The van der Waals surface area contributed by atoms with E-state index in [1.54, 1.807) is 0 Å². The zero-order valence-corrected chi connectivity index (χ0v) is 19.0. The van der Waals surface area contributed by atoms with Crippen molar-refractivity contribution in [2.75, 3.05) is 13.2 Å². The van der Waals surface area contributed by atoms with E-state index in [4.69, 9.17) is 9.84 Å². The summed E-state index contributed by atoms with van der Waals surface area (Å²) in [5.41, 5.74) is 4.58. The number of carbonyl (C=O) groups excluding carboxylic acids is 2. The van der Waals surface area contributed by atoms with Crippen LogP contribution in [0.4, 0.5) is 4.79 Å². The Kier molecular flexibility index (Phi) is 8.87. The van der Waals surface area contributed by atoms with Gasteiger partial charge in [0.25, 0.3) is 0 Å². The van der Waals surface area contributed by atoms with Crippen molar-refractivity contribution in [3.8, 4) is 11.1 Å². The van der Waals surface area contributed by atoms with Gasteiger partial charge in [-0.25, -0.2) is 4.79 Å². The number of hydrogen-bond donors (Lipinski definition) is 3. The van der Waals surface area contributed by atoms with Gasteiger partial charge in [0, 0.05) is 18.9 Å². The summed E-state index contributed by atoms with van der Waals surface area (Å²) in [6, 6.07) is 15.6. The fourth-order valence-corrected chi connectivity index (χ4v) is 4.20. The smallest absolute Gasteiger partial charge is 0.407 e. The molecule has 0 aromatic heterocycles. The van der Waals surface area contributed by atoms with Crippen LogP contribution in [0.25, 0.3) is 11.1 Å². The Morgan fingerprint density at radius 2 is 1.61 bits per heavy atom. The van der Waals surface area contributed by atoms with Gasteiger partial charge < -0.3 is 20.5 Å². The second-order valence-electron chi connectivity index (χ2n) is 8.31. The lowest BCUT2D eigenvalue weighted by Gasteiger charge is -2.19. The predicted molar refractivity (Wildman–Crippen MR) is 126 cm³/mol. The first-order chi connectivity index (χ1) is 16.0. The highest BCUT2D eigenvalue weighted by molar-refractivity contribution is 5.85. The van der Waals surface area contributed by atoms with E-state index in [0.717, 1.165) is 35.1 Å². The normalized spacial score (nSPS) is 13.0. The minimum Gasteiger partial charge on any atom is -0.481 e. The van der Waals surface area contributed by atoms with Gasteiger partial charge in [-0.3, -0.25) is 9.59 Å². The van der Waals surface area contributed by atoms with Crippen molar-refractivity contribution in [1.29, 1.82) is 0 Å². The lowest BCUT2D eigenvalue weighted by molar-refractivity contribution is -0.137. The van der Waals surface area contributed by atoms with Gasteiger partial charge in [0.1, 0.15) is 12.6 Å². The number of carboxylic acid groups (broad SMARTS) is 1. The Hall–Kier alpha value is -3.35. The van der Waals surface area contributed by atoms with E-state index < -0.39 is 18.1 Å². The maximum absolute atomic E-state index is 12.6. The Labute approximate surface area is 194 Å². The molecule has 0 aliphatic heterocycles. The number of carbonyl (C=O) groups is 3. The highest BCUT2D eigenvalue weighted by Crippen LogP contribution is 2.44. The van der Waals surface area contributed by atoms with Crippen LogP contribution in [-0.4, -0.2) is 42.3 Å². The molecule has 1 aliphatic carbocycles. The van der Waals surface area contributed by atoms with Crippen molar-refractivity contribution >= 4 is 18.0 Å². The molecule has 0 heterocycles. The summed E-state index contributed by atoms with van der Waals surface area (Å²) >= 11 is 0. The molecule has 1 aliphatic rings. The second-order valence-corrected chi connectivity index (χ2v) is 8.31. The van der Waals surface area contributed by atoms with Gasteiger partial charge in [0.2, 0.25) is 5.91 Å². The number of hydrogen-bond acceptors (Lipinski definition) is 4. The first kappa shape index (κ1) is 24.3. The molecule has 0 spiro atoms. The number of rotatable bonds is 12. The molecule has 0 saturated heterocycles. The maximum Gasteiger partial charge on any atom is 0.407 e. The molecule has 2 amide bonds. The van der Waals surface area contributed by atoms with Gasteiger partial charge in [0.05, 0.1) is 0 Å². The first-order valence-electron chi connectivity index (χ1n) is 11.6. The zero-order valence-electron chi connectivity index (χ0n) is 19.0. The van der Waals surface area contributed by atoms with E-state index in [1.165, 1.54) is 0 Å². The zero-order chi connectivity index (χ0) is 23.6. The monoisotopic (exact) mass is 452 g/mol. The summed E-state index contributed by atoms with van der Waals surface area (Å²) in [5, 5.41) is 14.2. The quantitative estimate of drug-likeness (QED) is 0.413. The molecule has 7 nitrogen and oxygen atoms in total. The minimum atomic E-state index is -0.848. The maximum atomic E-state index is 12.6. The molecule has 3 rings (SSSR count). The van der Waals surface area contributed by atoms with Crippen LogP contribution in [0.5, 0.6) is 0 Å². The molecule has 2 aromatic rings. The Morgan fingerprint density at radius 3 is 2.21 bits per heavy atom. The van der Waals surface area contributed by atoms with Crippen molar-refractivity contribution < 1.29 is 24.2 Å². The molecule has 33 heavy (non-hydrogen) atoms. The van der Waals surface area contributed by atoms with Crippen LogP contribution >= 0.6 is 0 Å². The molecule has 0 unspecified atom stereocenters. The Morgan fingerprint density at radius 1 is 0.970 bits per heavy atom. The first-order valence-corrected chi connectivity index (χ1v) is 11.6. The topological polar surface area (TPSA) is 105 Å². The molecule has 7 heteroatoms. The number of nitrogens with one attached hydrogen (secondary N) is 2. The third kappa shape index (κ3) is 6.57. The molecule has 2 aromatic carbocycles. The van der Waals surface area contributed by atoms with Crippen LogP contribution in [-0.2, 0) is 14.3 Å². The van der Waals surface area contributed by atoms with Crippen LogP contribution in [0, 0.1) is 0 Å². The highest BCUT2D eigenvalue weighted by Gasteiger charge is 2.29. The number of ether oxygens (including phenoxy) is 1. The third-order valence-corrected chi connectivity index (χ3v) is 5.92. The molecule has 1 atom stereocenters. The van der Waals surface area contributed by atoms with Gasteiger partial charge in [-0.05, 0) is 41.5 Å². The van der Waals surface area contributed by atoms with E-state index in [2.05, 4.69) is 34.9 Å². The molecule has 0 bridgehead atoms. The molecular formula is C26H32N2O5. The van der Waals surface area contributed by atoms with Crippen LogP contribution in [0.1, 0.15) is 62.5 Å². The standard InChI is InChI=1S/C26H32N2O5/c1-2-3-14-23(25(31)27-16-9-8-15-24(29)30)28-26(32)33-17-22-20-12-6-4-10-18(20)19-11-5-7-13-21(19)22/h4-7,10-13,22-23H,2-3,8-9,14-17H2,1H3,(H,27,31)(H,28,32)(H,29,30)/t23-/m0/s1.